The first-order valence-electron chi connectivity index (χ1n) is 3.85. The van der Waals surface area contributed by atoms with Crippen LogP contribution in [0.1, 0.15) is 10.7 Å². The molecule has 2 rings (SSSR count). The van der Waals surface area contributed by atoms with Crippen LogP contribution in [-0.4, -0.2) is 20.2 Å². The van der Waals surface area contributed by atoms with Gasteiger partial charge < -0.3 is 0 Å². The van der Waals surface area contributed by atoms with E-state index in [0.717, 1.165) is 3.79 Å². The van der Waals surface area contributed by atoms with E-state index in [0.29, 0.717) is 18.2 Å². The molecule has 0 unspecified atom stereocenters. The van der Waals surface area contributed by atoms with Gasteiger partial charge in [0.05, 0.1) is 16.2 Å². The number of nitrogens with zero attached hydrogens (tertiary/aromatic N) is 4. The summed E-state index contributed by atoms with van der Waals surface area (Å²) >= 11 is 10.7. The summed E-state index contributed by atoms with van der Waals surface area (Å²) in [6.45, 7) is 0.672. The van der Waals surface area contributed by atoms with Gasteiger partial charge in [0.1, 0.15) is 0 Å². The number of halogens is 2. The van der Waals surface area contributed by atoms with E-state index in [2.05, 4.69) is 31.5 Å². The Balaban J connectivity index is 2.18. The van der Waals surface area contributed by atoms with Gasteiger partial charge in [0.15, 0.2) is 5.82 Å². The van der Waals surface area contributed by atoms with E-state index < -0.39 is 0 Å². The maximum atomic E-state index is 5.68. The van der Waals surface area contributed by atoms with E-state index in [1.807, 2.05) is 12.1 Å². The van der Waals surface area contributed by atoms with Crippen LogP contribution in [0.2, 0.25) is 0 Å². The average molecular weight is 294 g/mol. The van der Waals surface area contributed by atoms with Crippen LogP contribution < -0.4 is 0 Å². The van der Waals surface area contributed by atoms with Gasteiger partial charge in [-0.25, -0.2) is 4.68 Å². The van der Waals surface area contributed by atoms with E-state index in [9.17, 15) is 0 Å². The molecule has 0 spiro atoms. The lowest BCUT2D eigenvalue weighted by Gasteiger charge is -1.98. The number of thiophene rings is 1. The third kappa shape index (κ3) is 2.13. The second-order valence-electron chi connectivity index (χ2n) is 2.59. The Labute approximate surface area is 98.0 Å². The Morgan fingerprint density at radius 3 is 3.00 bits per heavy atom. The number of hydrogen-bond donors (Lipinski definition) is 0. The molecule has 2 heterocycles. The molecule has 0 bridgehead atoms. The van der Waals surface area contributed by atoms with E-state index in [4.69, 9.17) is 11.6 Å². The maximum absolute atomic E-state index is 5.68. The smallest absolute Gasteiger partial charge is 0.166 e. The molecule has 0 saturated heterocycles. The van der Waals surface area contributed by atoms with E-state index in [-0.39, 0.29) is 0 Å². The lowest BCUT2D eigenvalue weighted by molar-refractivity contribution is 0.636. The predicted molar refractivity (Wildman–Crippen MR) is 58.5 cm³/mol. The van der Waals surface area contributed by atoms with Gasteiger partial charge >= 0.3 is 0 Å². The van der Waals surface area contributed by atoms with Gasteiger partial charge in [-0.05, 0) is 38.5 Å². The summed E-state index contributed by atoms with van der Waals surface area (Å²) in [5.41, 5.74) is 0. The second kappa shape index (κ2) is 4.37. The number of rotatable bonds is 3. The zero-order chi connectivity index (χ0) is 9.97. The molecule has 0 radical (unpaired) electrons. The summed E-state index contributed by atoms with van der Waals surface area (Å²) < 4.78 is 2.80. The maximum Gasteiger partial charge on any atom is 0.166 e. The molecule has 0 saturated carbocycles. The van der Waals surface area contributed by atoms with Crippen molar-refractivity contribution in [1.29, 1.82) is 0 Å². The molecule has 0 aliphatic rings. The second-order valence-corrected chi connectivity index (χ2v) is 5.41. The molecule has 0 fully saturated rings. The Kier molecular flexibility index (Phi) is 3.15. The molecule has 0 aliphatic carbocycles. The van der Waals surface area contributed by atoms with Crippen LogP contribution in [0.15, 0.2) is 15.9 Å². The number of tetrazole rings is 1. The molecule has 2 aromatic rings. The molecule has 2 aromatic heterocycles. The van der Waals surface area contributed by atoms with Gasteiger partial charge in [-0.15, -0.1) is 28.0 Å². The molecule has 0 N–H and O–H groups in total. The van der Waals surface area contributed by atoms with Crippen LogP contribution >= 0.6 is 38.9 Å². The highest BCUT2D eigenvalue weighted by Crippen LogP contribution is 2.22. The van der Waals surface area contributed by atoms with Gasteiger partial charge in [-0.2, -0.15) is 0 Å². The zero-order valence-electron chi connectivity index (χ0n) is 7.02. The molecule has 0 aliphatic heterocycles. The van der Waals surface area contributed by atoms with Crippen molar-refractivity contribution in [2.75, 3.05) is 0 Å². The van der Waals surface area contributed by atoms with Gasteiger partial charge in [-0.1, -0.05) is 0 Å². The topological polar surface area (TPSA) is 43.6 Å². The molecule has 0 atom stereocenters. The van der Waals surface area contributed by atoms with Crippen molar-refractivity contribution in [1.82, 2.24) is 20.2 Å². The standard InChI is InChI=1S/C7H6BrClN4S/c8-6-2-1-5(14-6)4-13-7(3-9)10-11-12-13/h1-2H,3-4H2. The third-order valence-electron chi connectivity index (χ3n) is 1.66. The minimum absolute atomic E-state index is 0.333. The Morgan fingerprint density at radius 1 is 1.50 bits per heavy atom. The summed E-state index contributed by atoms with van der Waals surface area (Å²) in [5.74, 6) is 1.02. The summed E-state index contributed by atoms with van der Waals surface area (Å²) in [7, 11) is 0. The minimum Gasteiger partial charge on any atom is -0.223 e. The molecule has 14 heavy (non-hydrogen) atoms. The first-order chi connectivity index (χ1) is 6.79. The van der Waals surface area contributed by atoms with Crippen molar-refractivity contribution in [3.8, 4) is 0 Å². The SMILES string of the molecule is ClCc1nnnn1Cc1ccc(Br)s1. The minimum atomic E-state index is 0.333. The summed E-state index contributed by atoms with van der Waals surface area (Å²) in [6, 6.07) is 4.04. The van der Waals surface area contributed by atoms with Crippen LogP contribution in [0.25, 0.3) is 0 Å². The van der Waals surface area contributed by atoms with Gasteiger partial charge in [0, 0.05) is 4.88 Å². The number of alkyl halides is 1. The van der Waals surface area contributed by atoms with Crippen LogP contribution in [0.3, 0.4) is 0 Å². The lowest BCUT2D eigenvalue weighted by atomic mass is 10.4. The highest BCUT2D eigenvalue weighted by atomic mass is 79.9. The lowest BCUT2D eigenvalue weighted by Crippen LogP contribution is -2.04. The van der Waals surface area contributed by atoms with E-state index in [1.165, 1.54) is 4.88 Å². The molecular formula is C7H6BrClN4S. The number of hydrogen-bond acceptors (Lipinski definition) is 4. The van der Waals surface area contributed by atoms with Gasteiger partial charge in [0.25, 0.3) is 0 Å². The predicted octanol–water partition coefficient (Wildman–Crippen LogP) is 2.28. The average Bonchev–Trinajstić information content (AvgIpc) is 2.76. The first-order valence-corrected chi connectivity index (χ1v) is 5.99. The Bertz CT molecular complexity index is 427. The monoisotopic (exact) mass is 292 g/mol. The Hall–Kier alpha value is -0.460. The van der Waals surface area contributed by atoms with Crippen molar-refractivity contribution in [3.63, 3.8) is 0 Å². The number of aromatic nitrogens is 4. The highest BCUT2D eigenvalue weighted by Gasteiger charge is 2.06. The molecule has 4 nitrogen and oxygen atoms in total. The van der Waals surface area contributed by atoms with E-state index >= 15 is 0 Å². The van der Waals surface area contributed by atoms with Crippen LogP contribution in [-0.2, 0) is 12.4 Å². The summed E-state index contributed by atoms with van der Waals surface area (Å²) in [5, 5.41) is 11.2. The van der Waals surface area contributed by atoms with Crippen molar-refractivity contribution >= 4 is 38.9 Å². The molecule has 0 amide bonds. The fourth-order valence-corrected chi connectivity index (χ4v) is 2.68. The molecule has 7 heteroatoms. The third-order valence-corrected chi connectivity index (χ3v) is 3.51. The largest absolute Gasteiger partial charge is 0.223 e. The summed E-state index contributed by atoms with van der Waals surface area (Å²) in [4.78, 5) is 1.19. The zero-order valence-corrected chi connectivity index (χ0v) is 10.2. The normalized spacial score (nSPS) is 10.7. The van der Waals surface area contributed by atoms with E-state index in [1.54, 1.807) is 16.0 Å². The summed E-state index contributed by atoms with van der Waals surface area (Å²) in [6.07, 6.45) is 0. The molecular weight excluding hydrogens is 288 g/mol. The first kappa shape index (κ1) is 10.1. The quantitative estimate of drug-likeness (QED) is 0.816. The van der Waals surface area contributed by atoms with Gasteiger partial charge in [0.2, 0.25) is 0 Å². The van der Waals surface area contributed by atoms with Crippen LogP contribution in [0, 0.1) is 0 Å². The Morgan fingerprint density at radius 2 is 2.36 bits per heavy atom. The van der Waals surface area contributed by atoms with Crippen LogP contribution in [0.5, 0.6) is 0 Å². The molecule has 74 valence electrons. The van der Waals surface area contributed by atoms with Crippen molar-refractivity contribution in [3.05, 3.63) is 26.6 Å². The molecule has 0 aromatic carbocycles. The fraction of sp³-hybridized carbons (Fsp3) is 0.286. The van der Waals surface area contributed by atoms with Crippen molar-refractivity contribution in [2.45, 2.75) is 12.4 Å². The van der Waals surface area contributed by atoms with Crippen molar-refractivity contribution < 1.29 is 0 Å². The fourth-order valence-electron chi connectivity index (χ4n) is 1.03. The van der Waals surface area contributed by atoms with Gasteiger partial charge in [-0.3, -0.25) is 0 Å². The highest BCUT2D eigenvalue weighted by molar-refractivity contribution is 9.11. The van der Waals surface area contributed by atoms with Crippen LogP contribution in [0.4, 0.5) is 0 Å². The van der Waals surface area contributed by atoms with Crippen molar-refractivity contribution in [2.24, 2.45) is 0 Å².